The van der Waals surface area contributed by atoms with Crippen LogP contribution in [0.25, 0.3) is 65.1 Å². The lowest BCUT2D eigenvalue weighted by Crippen LogP contribution is -2.10. The second kappa shape index (κ2) is 5.92. The van der Waals surface area contributed by atoms with E-state index in [9.17, 15) is 0 Å². The summed E-state index contributed by atoms with van der Waals surface area (Å²) in [6, 6.07) is 26.2. The molecule has 0 aliphatic rings. The van der Waals surface area contributed by atoms with Crippen molar-refractivity contribution >= 4 is 65.1 Å². The van der Waals surface area contributed by atoms with Crippen LogP contribution in [0.3, 0.4) is 0 Å². The van der Waals surface area contributed by atoms with Gasteiger partial charge in [0.2, 0.25) is 0 Å². The molecule has 1 N–H and O–H groups in total. The summed E-state index contributed by atoms with van der Waals surface area (Å²) in [5, 5.41) is 11.3. The lowest BCUT2D eigenvalue weighted by molar-refractivity contribution is 0.558. The summed E-state index contributed by atoms with van der Waals surface area (Å²) in [6.45, 7) is 6.77. The molecule has 154 valence electrons. The van der Waals surface area contributed by atoms with Gasteiger partial charge < -0.3 is 9.40 Å². The number of furan rings is 1. The van der Waals surface area contributed by atoms with Crippen molar-refractivity contribution in [3.63, 3.8) is 0 Å². The third-order valence-electron chi connectivity index (χ3n) is 6.97. The van der Waals surface area contributed by atoms with Gasteiger partial charge in [-0.1, -0.05) is 93.6 Å². The predicted octanol–water partition coefficient (Wildman–Crippen LogP) is 8.82. The molecular formula is C30H23NO. The molecule has 7 rings (SSSR count). The molecule has 0 spiro atoms. The van der Waals surface area contributed by atoms with Gasteiger partial charge in [0.25, 0.3) is 0 Å². The van der Waals surface area contributed by atoms with Gasteiger partial charge in [0.1, 0.15) is 5.58 Å². The summed E-state index contributed by atoms with van der Waals surface area (Å²) in [6.07, 6.45) is 1.96. The Morgan fingerprint density at radius 2 is 1.06 bits per heavy atom. The Kier molecular flexibility index (Phi) is 3.30. The zero-order valence-corrected chi connectivity index (χ0v) is 18.4. The SMILES string of the molecule is CC(C)(C)c1coc2c3ccccc3c3c([nH]c4c5ccccc5c5ccccc5c43)c12. The summed E-state index contributed by atoms with van der Waals surface area (Å²) in [5.41, 5.74) is 4.56. The molecule has 0 aliphatic heterocycles. The summed E-state index contributed by atoms with van der Waals surface area (Å²) in [4.78, 5) is 3.89. The Bertz CT molecular complexity index is 1860. The molecule has 2 aromatic heterocycles. The Hall–Kier alpha value is -3.78. The molecular weight excluding hydrogens is 390 g/mol. The fourth-order valence-electron chi connectivity index (χ4n) is 5.56. The van der Waals surface area contributed by atoms with Crippen molar-refractivity contribution in [1.82, 2.24) is 4.98 Å². The lowest BCUT2D eigenvalue weighted by atomic mass is 9.85. The van der Waals surface area contributed by atoms with Crippen molar-refractivity contribution < 1.29 is 4.42 Å². The van der Waals surface area contributed by atoms with E-state index < -0.39 is 0 Å². The van der Waals surface area contributed by atoms with E-state index in [4.69, 9.17) is 4.42 Å². The highest BCUT2D eigenvalue weighted by Crippen LogP contribution is 2.47. The van der Waals surface area contributed by atoms with Gasteiger partial charge in [0.15, 0.2) is 0 Å². The highest BCUT2D eigenvalue weighted by molar-refractivity contribution is 6.39. The standard InChI is InChI=1S/C30H23NO/c1-30(2,3)23-16-32-29-22-15-9-7-13-20(22)25-24-19-12-6-4-10-17(19)18-11-5-8-14-21(18)27(24)31-28(25)26(23)29/h4-16,31H,1-3H3. The van der Waals surface area contributed by atoms with E-state index in [1.54, 1.807) is 0 Å². The van der Waals surface area contributed by atoms with Gasteiger partial charge in [-0.05, 0) is 27.0 Å². The number of H-pyrrole nitrogens is 1. The van der Waals surface area contributed by atoms with Crippen LogP contribution in [0.2, 0.25) is 0 Å². The van der Waals surface area contributed by atoms with Gasteiger partial charge in [-0.25, -0.2) is 0 Å². The smallest absolute Gasteiger partial charge is 0.144 e. The minimum absolute atomic E-state index is 0.0257. The van der Waals surface area contributed by atoms with Gasteiger partial charge in [-0.15, -0.1) is 0 Å². The van der Waals surface area contributed by atoms with E-state index in [0.717, 1.165) is 5.58 Å². The Morgan fingerprint density at radius 1 is 0.562 bits per heavy atom. The Labute approximate surface area is 185 Å². The molecule has 0 radical (unpaired) electrons. The van der Waals surface area contributed by atoms with Gasteiger partial charge in [-0.3, -0.25) is 0 Å². The summed E-state index contributed by atoms with van der Waals surface area (Å²) in [7, 11) is 0. The van der Waals surface area contributed by atoms with E-state index >= 15 is 0 Å². The van der Waals surface area contributed by atoms with E-state index in [0.29, 0.717) is 0 Å². The monoisotopic (exact) mass is 413 g/mol. The van der Waals surface area contributed by atoms with Crippen LogP contribution in [-0.2, 0) is 5.41 Å². The van der Waals surface area contributed by atoms with Crippen LogP contribution < -0.4 is 0 Å². The van der Waals surface area contributed by atoms with Crippen LogP contribution in [0.1, 0.15) is 26.3 Å². The summed E-state index contributed by atoms with van der Waals surface area (Å²) in [5.74, 6) is 0. The zero-order chi connectivity index (χ0) is 21.6. The molecule has 0 amide bonds. The lowest BCUT2D eigenvalue weighted by Gasteiger charge is -2.17. The van der Waals surface area contributed by atoms with E-state index in [-0.39, 0.29) is 5.41 Å². The Balaban J connectivity index is 1.90. The summed E-state index contributed by atoms with van der Waals surface area (Å²) < 4.78 is 6.25. The second-order valence-electron chi connectivity index (χ2n) is 9.87. The van der Waals surface area contributed by atoms with E-state index in [2.05, 4.69) is 98.6 Å². The number of hydrogen-bond donors (Lipinski definition) is 1. The number of fused-ring (bicyclic) bond motifs is 13. The van der Waals surface area contributed by atoms with Crippen molar-refractivity contribution in [2.24, 2.45) is 0 Å². The molecule has 32 heavy (non-hydrogen) atoms. The fourth-order valence-corrected chi connectivity index (χ4v) is 5.56. The number of hydrogen-bond acceptors (Lipinski definition) is 1. The maximum absolute atomic E-state index is 6.25. The second-order valence-corrected chi connectivity index (χ2v) is 9.87. The summed E-state index contributed by atoms with van der Waals surface area (Å²) >= 11 is 0. The van der Waals surface area contributed by atoms with Gasteiger partial charge in [0.05, 0.1) is 17.3 Å². The van der Waals surface area contributed by atoms with Crippen LogP contribution in [0.15, 0.2) is 83.5 Å². The fraction of sp³-hybridized carbons (Fsp3) is 0.133. The molecule has 0 bridgehead atoms. The largest absolute Gasteiger partial charge is 0.463 e. The van der Waals surface area contributed by atoms with Crippen molar-refractivity contribution in [3.05, 3.63) is 84.6 Å². The number of aromatic amines is 1. The number of benzene rings is 5. The minimum atomic E-state index is -0.0257. The van der Waals surface area contributed by atoms with Crippen molar-refractivity contribution in [2.75, 3.05) is 0 Å². The van der Waals surface area contributed by atoms with Crippen LogP contribution in [0.5, 0.6) is 0 Å². The predicted molar refractivity (Wildman–Crippen MR) is 137 cm³/mol. The molecule has 0 saturated carbocycles. The van der Waals surface area contributed by atoms with Crippen molar-refractivity contribution in [3.8, 4) is 0 Å². The van der Waals surface area contributed by atoms with Crippen LogP contribution in [0.4, 0.5) is 0 Å². The molecule has 0 aliphatic carbocycles. The van der Waals surface area contributed by atoms with Crippen molar-refractivity contribution in [1.29, 1.82) is 0 Å². The molecule has 5 aromatic carbocycles. The van der Waals surface area contributed by atoms with Gasteiger partial charge in [0, 0.05) is 32.5 Å². The third-order valence-corrected chi connectivity index (χ3v) is 6.97. The highest BCUT2D eigenvalue weighted by atomic mass is 16.3. The topological polar surface area (TPSA) is 28.9 Å². The molecule has 2 nitrogen and oxygen atoms in total. The molecule has 0 atom stereocenters. The minimum Gasteiger partial charge on any atom is -0.463 e. The first-order valence-electron chi connectivity index (χ1n) is 11.2. The first kappa shape index (κ1) is 17.9. The first-order valence-corrected chi connectivity index (χ1v) is 11.2. The van der Waals surface area contributed by atoms with E-state index in [1.165, 1.54) is 65.1 Å². The molecule has 0 fully saturated rings. The maximum atomic E-state index is 6.25. The first-order chi connectivity index (χ1) is 15.5. The Morgan fingerprint density at radius 3 is 1.72 bits per heavy atom. The maximum Gasteiger partial charge on any atom is 0.144 e. The average Bonchev–Trinajstić information content (AvgIpc) is 3.42. The molecule has 2 heteroatoms. The average molecular weight is 414 g/mol. The molecule has 0 unspecified atom stereocenters. The molecule has 2 heterocycles. The van der Waals surface area contributed by atoms with Crippen molar-refractivity contribution in [2.45, 2.75) is 26.2 Å². The quantitative estimate of drug-likeness (QED) is 0.247. The van der Waals surface area contributed by atoms with Crippen LogP contribution in [-0.4, -0.2) is 4.98 Å². The van der Waals surface area contributed by atoms with Crippen LogP contribution >= 0.6 is 0 Å². The number of nitrogens with one attached hydrogen (secondary N) is 1. The number of aromatic nitrogens is 1. The highest BCUT2D eigenvalue weighted by Gasteiger charge is 2.26. The van der Waals surface area contributed by atoms with Gasteiger partial charge >= 0.3 is 0 Å². The van der Waals surface area contributed by atoms with Crippen LogP contribution in [0, 0.1) is 0 Å². The molecule has 7 aromatic rings. The third kappa shape index (κ3) is 2.14. The van der Waals surface area contributed by atoms with E-state index in [1.807, 2.05) is 6.26 Å². The number of rotatable bonds is 0. The normalized spacial score (nSPS) is 12.8. The zero-order valence-electron chi connectivity index (χ0n) is 18.4. The molecule has 0 saturated heterocycles. The van der Waals surface area contributed by atoms with Gasteiger partial charge in [-0.2, -0.15) is 0 Å².